The van der Waals surface area contributed by atoms with Gasteiger partial charge in [-0.05, 0) is 28.4 Å². The molecule has 1 aromatic carbocycles. The van der Waals surface area contributed by atoms with E-state index in [9.17, 15) is 0 Å². The molecule has 1 aromatic rings. The zero-order valence-electron chi connectivity index (χ0n) is 11.0. The molecule has 15 heavy (non-hydrogen) atoms. The fourth-order valence-electron chi connectivity index (χ4n) is 1.90. The number of rotatable bonds is 3. The second kappa shape index (κ2) is 4.38. The van der Waals surface area contributed by atoms with Gasteiger partial charge in [-0.1, -0.05) is 65.8 Å². The molecule has 0 fully saturated rings. The summed E-state index contributed by atoms with van der Waals surface area (Å²) in [6.45, 7) is 13.8. The first-order valence-corrected chi connectivity index (χ1v) is 5.96. The highest BCUT2D eigenvalue weighted by atomic mass is 14.3. The number of hydrogen-bond acceptors (Lipinski definition) is 0. The summed E-state index contributed by atoms with van der Waals surface area (Å²) in [4.78, 5) is 0. The molecule has 0 aromatic heterocycles. The van der Waals surface area contributed by atoms with E-state index in [2.05, 4.69) is 65.8 Å². The Morgan fingerprint density at radius 1 is 0.933 bits per heavy atom. The molecule has 0 atom stereocenters. The van der Waals surface area contributed by atoms with Gasteiger partial charge in [0.2, 0.25) is 0 Å². The van der Waals surface area contributed by atoms with Gasteiger partial charge in [0.15, 0.2) is 0 Å². The highest BCUT2D eigenvalue weighted by molar-refractivity contribution is 5.35. The second-order valence-corrected chi connectivity index (χ2v) is 5.62. The maximum atomic E-state index is 2.35. The van der Waals surface area contributed by atoms with Crippen molar-refractivity contribution in [3.05, 3.63) is 35.4 Å². The van der Waals surface area contributed by atoms with Crippen LogP contribution in [0.3, 0.4) is 0 Å². The van der Waals surface area contributed by atoms with Gasteiger partial charge in [0.25, 0.3) is 0 Å². The minimum Gasteiger partial charge on any atom is -0.0620 e. The van der Waals surface area contributed by atoms with Crippen LogP contribution in [0.2, 0.25) is 0 Å². The normalized spacial score (nSPS) is 12.5. The highest BCUT2D eigenvalue weighted by Gasteiger charge is 2.27. The van der Waals surface area contributed by atoms with Crippen molar-refractivity contribution in [2.24, 2.45) is 5.92 Å². The van der Waals surface area contributed by atoms with E-state index < -0.39 is 0 Å². The summed E-state index contributed by atoms with van der Waals surface area (Å²) in [5.74, 6) is 1.27. The van der Waals surface area contributed by atoms with Crippen LogP contribution in [0.25, 0.3) is 0 Å². The van der Waals surface area contributed by atoms with E-state index in [0.29, 0.717) is 11.8 Å². The maximum absolute atomic E-state index is 2.35. The topological polar surface area (TPSA) is 0 Å². The third kappa shape index (κ3) is 2.42. The first kappa shape index (κ1) is 12.3. The van der Waals surface area contributed by atoms with Gasteiger partial charge in [-0.2, -0.15) is 0 Å². The molecule has 0 spiro atoms. The van der Waals surface area contributed by atoms with Crippen LogP contribution < -0.4 is 0 Å². The number of benzene rings is 1. The van der Waals surface area contributed by atoms with Crippen molar-refractivity contribution in [2.45, 2.75) is 52.9 Å². The predicted octanol–water partition coefficient (Wildman–Crippen LogP) is 4.74. The quantitative estimate of drug-likeness (QED) is 0.667. The van der Waals surface area contributed by atoms with Gasteiger partial charge in [-0.25, -0.2) is 0 Å². The summed E-state index contributed by atoms with van der Waals surface area (Å²) in [6, 6.07) is 8.86. The standard InChI is InChI=1S/C15H24/c1-11(2)13-9-7-8-10-14(13)15(5,6)12(3)4/h7-12H,1-6H3. The van der Waals surface area contributed by atoms with E-state index in [4.69, 9.17) is 0 Å². The Bertz CT molecular complexity index is 319. The summed E-state index contributed by atoms with van der Waals surface area (Å²) in [5, 5.41) is 0. The first-order chi connectivity index (χ1) is 6.87. The Hall–Kier alpha value is -0.780. The molecule has 0 aliphatic carbocycles. The van der Waals surface area contributed by atoms with Gasteiger partial charge in [-0.3, -0.25) is 0 Å². The average molecular weight is 204 g/mol. The minimum atomic E-state index is 0.265. The molecule has 0 saturated carbocycles. The molecule has 1 rings (SSSR count). The second-order valence-electron chi connectivity index (χ2n) is 5.62. The molecule has 0 heteroatoms. The van der Waals surface area contributed by atoms with E-state index in [1.165, 1.54) is 11.1 Å². The molecule has 0 radical (unpaired) electrons. The van der Waals surface area contributed by atoms with E-state index in [1.54, 1.807) is 0 Å². The SMILES string of the molecule is CC(C)c1ccccc1C(C)(C)C(C)C. The molecule has 0 aliphatic heterocycles. The molecule has 0 bridgehead atoms. The lowest BCUT2D eigenvalue weighted by atomic mass is 9.72. The minimum absolute atomic E-state index is 0.265. The van der Waals surface area contributed by atoms with E-state index >= 15 is 0 Å². The lowest BCUT2D eigenvalue weighted by molar-refractivity contribution is 0.368. The summed E-state index contributed by atoms with van der Waals surface area (Å²) < 4.78 is 0. The lowest BCUT2D eigenvalue weighted by Crippen LogP contribution is -2.26. The summed E-state index contributed by atoms with van der Waals surface area (Å²) in [6.07, 6.45) is 0. The van der Waals surface area contributed by atoms with Crippen LogP contribution in [0.15, 0.2) is 24.3 Å². The zero-order valence-corrected chi connectivity index (χ0v) is 11.0. The fraction of sp³-hybridized carbons (Fsp3) is 0.600. The van der Waals surface area contributed by atoms with E-state index in [1.807, 2.05) is 0 Å². The molecule has 84 valence electrons. The van der Waals surface area contributed by atoms with Gasteiger partial charge in [-0.15, -0.1) is 0 Å². The molecule has 0 heterocycles. The van der Waals surface area contributed by atoms with Gasteiger partial charge in [0.05, 0.1) is 0 Å². The van der Waals surface area contributed by atoms with Crippen molar-refractivity contribution < 1.29 is 0 Å². The molecular weight excluding hydrogens is 180 g/mol. The molecule has 0 N–H and O–H groups in total. The number of hydrogen-bond donors (Lipinski definition) is 0. The van der Waals surface area contributed by atoms with Crippen LogP contribution >= 0.6 is 0 Å². The van der Waals surface area contributed by atoms with Crippen LogP contribution in [0.1, 0.15) is 58.6 Å². The van der Waals surface area contributed by atoms with Gasteiger partial charge in [0.1, 0.15) is 0 Å². The van der Waals surface area contributed by atoms with Crippen LogP contribution in [0, 0.1) is 5.92 Å². The van der Waals surface area contributed by atoms with Crippen molar-refractivity contribution in [2.75, 3.05) is 0 Å². The Kier molecular flexibility index (Phi) is 3.59. The van der Waals surface area contributed by atoms with Crippen LogP contribution in [0.5, 0.6) is 0 Å². The first-order valence-electron chi connectivity index (χ1n) is 5.96. The Morgan fingerprint density at radius 2 is 1.47 bits per heavy atom. The molecule has 0 nitrogen and oxygen atoms in total. The zero-order chi connectivity index (χ0) is 11.6. The maximum Gasteiger partial charge on any atom is -0.00777 e. The smallest absolute Gasteiger partial charge is 0.00777 e. The van der Waals surface area contributed by atoms with Crippen molar-refractivity contribution in [3.63, 3.8) is 0 Å². The lowest BCUT2D eigenvalue weighted by Gasteiger charge is -2.33. The third-order valence-corrected chi connectivity index (χ3v) is 3.72. The van der Waals surface area contributed by atoms with Gasteiger partial charge < -0.3 is 0 Å². The van der Waals surface area contributed by atoms with Crippen molar-refractivity contribution >= 4 is 0 Å². The van der Waals surface area contributed by atoms with Crippen LogP contribution in [-0.2, 0) is 5.41 Å². The van der Waals surface area contributed by atoms with Crippen molar-refractivity contribution in [3.8, 4) is 0 Å². The fourth-order valence-corrected chi connectivity index (χ4v) is 1.90. The molecule has 0 unspecified atom stereocenters. The highest BCUT2D eigenvalue weighted by Crippen LogP contribution is 2.35. The molecule has 0 aliphatic rings. The summed E-state index contributed by atoms with van der Waals surface area (Å²) >= 11 is 0. The van der Waals surface area contributed by atoms with Gasteiger partial charge in [0, 0.05) is 0 Å². The van der Waals surface area contributed by atoms with Crippen molar-refractivity contribution in [1.82, 2.24) is 0 Å². The van der Waals surface area contributed by atoms with Crippen LogP contribution in [-0.4, -0.2) is 0 Å². The predicted molar refractivity (Wildman–Crippen MR) is 68.4 cm³/mol. The van der Waals surface area contributed by atoms with Crippen molar-refractivity contribution in [1.29, 1.82) is 0 Å². The third-order valence-electron chi connectivity index (χ3n) is 3.72. The Balaban J connectivity index is 3.24. The van der Waals surface area contributed by atoms with Crippen LogP contribution in [0.4, 0.5) is 0 Å². The summed E-state index contributed by atoms with van der Waals surface area (Å²) in [5.41, 5.74) is 3.27. The van der Waals surface area contributed by atoms with E-state index in [0.717, 1.165) is 0 Å². The van der Waals surface area contributed by atoms with E-state index in [-0.39, 0.29) is 5.41 Å². The van der Waals surface area contributed by atoms with Gasteiger partial charge >= 0.3 is 0 Å². The Morgan fingerprint density at radius 3 is 1.93 bits per heavy atom. The Labute approximate surface area is 94.7 Å². The monoisotopic (exact) mass is 204 g/mol. The average Bonchev–Trinajstić information content (AvgIpc) is 2.17. The molecule has 0 amide bonds. The molecule has 0 saturated heterocycles. The molecular formula is C15H24. The summed E-state index contributed by atoms with van der Waals surface area (Å²) in [7, 11) is 0. The largest absolute Gasteiger partial charge is 0.0620 e.